The second kappa shape index (κ2) is 50.6. The van der Waals surface area contributed by atoms with Gasteiger partial charge in [-0.3, -0.25) is 29.1 Å². The summed E-state index contributed by atoms with van der Waals surface area (Å²) < 4.78 is 78.4. The number of halogens is 4. The molecule has 3 aliphatic heterocycles. The number of benzene rings is 10. The van der Waals surface area contributed by atoms with Crippen molar-refractivity contribution in [3.8, 4) is 44.8 Å². The molecule has 6 N–H and O–H groups in total. The number of rotatable bonds is 40. The molecule has 0 aliphatic carbocycles. The van der Waals surface area contributed by atoms with Crippen molar-refractivity contribution in [1.29, 1.82) is 0 Å². The number of carbonyl (C=O) groups excluding carboxylic acids is 2. The second-order valence-electron chi connectivity index (χ2n) is 36.7. The molecule has 0 spiro atoms. The maximum atomic E-state index is 14.2. The van der Waals surface area contributed by atoms with E-state index in [2.05, 4.69) is 161 Å². The van der Waals surface area contributed by atoms with Crippen molar-refractivity contribution in [1.82, 2.24) is 44.3 Å². The minimum absolute atomic E-state index is 0. The van der Waals surface area contributed by atoms with Gasteiger partial charge in [0.1, 0.15) is 11.5 Å². The summed E-state index contributed by atoms with van der Waals surface area (Å²) in [5, 5.41) is 26.4. The van der Waals surface area contributed by atoms with Gasteiger partial charge in [0, 0.05) is 219 Å². The highest BCUT2D eigenvalue weighted by molar-refractivity contribution is 7.99. The van der Waals surface area contributed by atoms with E-state index in [1.54, 1.807) is 48.2 Å². The molecule has 3 fully saturated rings. The van der Waals surface area contributed by atoms with Crippen LogP contribution in [0.4, 0.5) is 55.6 Å². The van der Waals surface area contributed by atoms with Gasteiger partial charge in [0.05, 0.1) is 37.2 Å². The minimum atomic E-state index is -4.16. The van der Waals surface area contributed by atoms with Crippen LogP contribution in [0.15, 0.2) is 262 Å². The summed E-state index contributed by atoms with van der Waals surface area (Å²) in [4.78, 5) is 62.6. The quantitative estimate of drug-likeness (QED) is 0.00903. The topological polar surface area (TPSA) is 257 Å². The van der Waals surface area contributed by atoms with Crippen LogP contribution in [0.1, 0.15) is 56.9 Å². The summed E-state index contributed by atoms with van der Waals surface area (Å²) in [5.41, 5.74) is 16.8. The van der Waals surface area contributed by atoms with E-state index >= 15 is 0 Å². The van der Waals surface area contributed by atoms with Gasteiger partial charge in [-0.2, -0.15) is 0 Å². The molecule has 0 saturated carbocycles. The Morgan fingerprint density at radius 3 is 1.28 bits per heavy atom. The third kappa shape index (κ3) is 28.8. The first-order valence-electron chi connectivity index (χ1n) is 47.4. The maximum Gasteiger partial charge on any atom is 0.293 e. The predicted molar refractivity (Wildman–Crippen MR) is 586 cm³/mol. The van der Waals surface area contributed by atoms with Crippen molar-refractivity contribution in [3.05, 3.63) is 292 Å². The highest BCUT2D eigenvalue weighted by atomic mass is 35.5. The average Bonchev–Trinajstić information content (AvgIpc) is 1.60. The smallest absolute Gasteiger partial charge is 0.293 e. The number of nitro groups is 1. The van der Waals surface area contributed by atoms with E-state index in [1.165, 1.54) is 29.2 Å². The molecule has 3 aliphatic rings. The molecule has 2 amide bonds. The van der Waals surface area contributed by atoms with E-state index in [1.807, 2.05) is 195 Å². The number of carbonyl (C=O) groups is 2. The third-order valence-electron chi connectivity index (χ3n) is 25.9. The highest BCUT2D eigenvalue weighted by Crippen LogP contribution is 2.44. The van der Waals surface area contributed by atoms with Crippen LogP contribution in [0, 0.1) is 36.7 Å². The van der Waals surface area contributed by atoms with Crippen molar-refractivity contribution >= 4 is 143 Å². The fourth-order valence-corrected chi connectivity index (χ4v) is 22.2. The lowest BCUT2D eigenvalue weighted by Crippen LogP contribution is -2.46. The molecule has 12 aromatic rings. The predicted octanol–water partition coefficient (Wildman–Crippen LogP) is 19.2. The molecular formula is C107H132Cl3FN18O8S4. The van der Waals surface area contributed by atoms with Crippen molar-refractivity contribution in [3.63, 3.8) is 0 Å². The summed E-state index contributed by atoms with van der Waals surface area (Å²) in [6.07, 6.45) is 2.55. The minimum Gasteiger partial charge on any atom is -0.381 e. The number of amides is 2. The van der Waals surface area contributed by atoms with Gasteiger partial charge < -0.3 is 74.5 Å². The van der Waals surface area contributed by atoms with Crippen LogP contribution in [0.25, 0.3) is 44.8 Å². The maximum absolute atomic E-state index is 14.2. The zero-order chi connectivity index (χ0) is 98.6. The van der Waals surface area contributed by atoms with Gasteiger partial charge in [0.15, 0.2) is 0 Å². The van der Waals surface area contributed by atoms with Gasteiger partial charge in [-0.05, 0) is 301 Å². The van der Waals surface area contributed by atoms with Gasteiger partial charge in [-0.1, -0.05) is 84.4 Å². The number of anilines is 8. The van der Waals surface area contributed by atoms with Gasteiger partial charge in [-0.25, -0.2) is 21.2 Å². The number of sulfonamides is 2. The van der Waals surface area contributed by atoms with E-state index < -0.39 is 25.0 Å². The van der Waals surface area contributed by atoms with Crippen molar-refractivity contribution < 1.29 is 35.7 Å². The summed E-state index contributed by atoms with van der Waals surface area (Å²) in [7, 11) is 10.2. The van der Waals surface area contributed by atoms with Gasteiger partial charge in [0.25, 0.3) is 37.5 Å². The first kappa shape index (κ1) is 109. The summed E-state index contributed by atoms with van der Waals surface area (Å²) in [5.74, 6) is 1.02. The van der Waals surface area contributed by atoms with Gasteiger partial charge >= 0.3 is 0 Å². The number of aromatic nitrogens is 2. The summed E-state index contributed by atoms with van der Waals surface area (Å²) in [6.45, 7) is 20.6. The van der Waals surface area contributed by atoms with Crippen LogP contribution < -0.4 is 50.3 Å². The van der Waals surface area contributed by atoms with Crippen LogP contribution in [-0.2, 0) is 34.1 Å². The Balaban J connectivity index is 0.000000249. The SMILES string of the molecule is Cc1c(C(=O)NCCN(C)C)c(-c2cccc(N3CCN(c4ccc(NS(=O)(=O)c5ccc(N[C@H](CCN(C)C)CSc6ccccc6)c([N+](=O)[O-])c5)cc4)CC3)c2)c(-c2ccc(Cl)cc2)n1C.Cc1cc(S(=O)(=O)Nc2ccc(N3CCN(c4cccc(-c5c(C(=O)NCCCN6CCN(C)CC6)c(C)n(C)c5-c5ccc(F)cc5)c4)CC3)cc2)ccc1N[C@H](CCN(C)C)CSc1ccccc1.Cl.Cl. The molecule has 34 heteroatoms. The average molecular weight is 2050 g/mol. The highest BCUT2D eigenvalue weighted by Gasteiger charge is 2.32. The molecule has 750 valence electrons. The lowest BCUT2D eigenvalue weighted by molar-refractivity contribution is -0.384. The van der Waals surface area contributed by atoms with Crippen LogP contribution in [0.2, 0.25) is 5.02 Å². The fourth-order valence-electron chi connectivity index (χ4n) is 17.8. The number of nitrogens with zero attached hydrogens (tertiary/aromatic N) is 12. The number of likely N-dealkylation sites (N-methyl/N-ethyl adjacent to an activating group) is 2. The van der Waals surface area contributed by atoms with Crippen LogP contribution in [0.5, 0.6) is 0 Å². The second-order valence-corrected chi connectivity index (χ2v) is 42.7. The van der Waals surface area contributed by atoms with Crippen LogP contribution >= 0.6 is 59.9 Å². The number of nitro benzene ring substituents is 1. The number of hydrogen-bond donors (Lipinski definition) is 6. The molecule has 5 heterocycles. The number of piperazine rings is 3. The van der Waals surface area contributed by atoms with E-state index in [0.29, 0.717) is 46.4 Å². The van der Waals surface area contributed by atoms with E-state index in [0.717, 1.165) is 231 Å². The Morgan fingerprint density at radius 1 is 0.454 bits per heavy atom. The van der Waals surface area contributed by atoms with E-state index in [-0.39, 0.29) is 75.7 Å². The van der Waals surface area contributed by atoms with Crippen LogP contribution in [-0.4, -0.2) is 258 Å². The number of aryl methyl sites for hydroxylation is 1. The standard InChI is InChI=1S/C56H70FN9O3S2.C51H60ClN9O5S2.2ClH/c1-41-38-51(24-25-52(41)59-47(26-29-61(3)4)40-70-50-14-8-7-9-15-50)71(68,69)60-46-20-22-48(23-21-46)65-34-36-66(37-35-65)49-13-10-12-44(39-49)54-53(42(2)63(6)55(54)43-16-18-45(57)19-17-43)56(67)58-27-11-28-64-32-30-62(5)31-33-64;1-36-48(51(62)53-26-28-57(4)5)49(50(58(36)6)37-15-17-39(52)18-16-37)38-11-10-12-43(33-38)60-31-29-59(30-32-60)42-21-19-40(20-22-42)55-68(65,66)45-23-24-46(47(34-45)61(63)64)54-41(25-27-56(2)3)35-67-44-13-8-7-9-14-44;;/h7-10,12-25,38-39,47,59-60H,11,26-37,40H2,1-6H3,(H,58,67);7-24,33-34,41,54-55H,25-32,35H2,1-6H3,(H,53,62);2*1H/t47-;41-;;/m11../s1. The summed E-state index contributed by atoms with van der Waals surface area (Å²) in [6, 6.07) is 75.5. The largest absolute Gasteiger partial charge is 0.381 e. The third-order valence-corrected chi connectivity index (χ3v) is 31.3. The van der Waals surface area contributed by atoms with Gasteiger partial charge in [0.2, 0.25) is 0 Å². The number of thioether (sulfide) groups is 2. The number of nitrogens with one attached hydrogen (secondary N) is 6. The Labute approximate surface area is 857 Å². The first-order chi connectivity index (χ1) is 66.8. The molecule has 2 aromatic heterocycles. The Morgan fingerprint density at radius 2 is 0.858 bits per heavy atom. The van der Waals surface area contributed by atoms with E-state index in [4.69, 9.17) is 11.6 Å². The van der Waals surface area contributed by atoms with Crippen molar-refractivity contribution in [2.75, 3.05) is 218 Å². The van der Waals surface area contributed by atoms with Gasteiger partial charge in [-0.15, -0.1) is 48.3 Å². The lowest BCUT2D eigenvalue weighted by Gasteiger charge is -2.37. The monoisotopic (exact) mass is 2050 g/mol. The molecule has 15 rings (SSSR count). The summed E-state index contributed by atoms with van der Waals surface area (Å²) >= 11 is 9.78. The molecule has 10 aromatic carbocycles. The normalized spacial score (nSPS) is 14.2. The van der Waals surface area contributed by atoms with Crippen molar-refractivity contribution in [2.45, 2.75) is 71.7 Å². The Kier molecular flexibility index (Phi) is 38.9. The zero-order valence-corrected chi connectivity index (χ0v) is 88.0. The Bertz CT molecular complexity index is 6410. The molecular weight excluding hydrogens is 1920 g/mol. The van der Waals surface area contributed by atoms with Crippen LogP contribution in [0.3, 0.4) is 0 Å². The molecule has 2 atom stereocenters. The molecule has 3 saturated heterocycles. The molecule has 0 unspecified atom stereocenters. The zero-order valence-electron chi connectivity index (χ0n) is 82.4. The Hall–Kier alpha value is -11.3. The number of hydrogen-bond acceptors (Lipinski definition) is 21. The van der Waals surface area contributed by atoms with E-state index in [9.17, 15) is 40.9 Å². The fraction of sp³-hybridized carbons (Fsp3) is 0.346. The molecule has 26 nitrogen and oxygen atoms in total. The van der Waals surface area contributed by atoms with Crippen molar-refractivity contribution in [2.24, 2.45) is 14.1 Å². The molecule has 141 heavy (non-hydrogen) atoms. The lowest BCUT2D eigenvalue weighted by atomic mass is 9.95. The molecule has 0 radical (unpaired) electrons. The molecule has 0 bridgehead atoms. The first-order valence-corrected chi connectivity index (χ1v) is 52.7.